The summed E-state index contributed by atoms with van der Waals surface area (Å²) >= 11 is 0. The summed E-state index contributed by atoms with van der Waals surface area (Å²) in [7, 11) is 0.846. The van der Waals surface area contributed by atoms with Crippen LogP contribution < -0.4 is 5.73 Å². The van der Waals surface area contributed by atoms with E-state index in [1.54, 1.807) is 7.11 Å². The molecule has 0 amide bonds. The van der Waals surface area contributed by atoms with E-state index in [0.717, 1.165) is 6.42 Å². The van der Waals surface area contributed by atoms with Crippen molar-refractivity contribution in [1.29, 1.82) is 0 Å². The van der Waals surface area contributed by atoms with Gasteiger partial charge in [-0.05, 0) is 13.0 Å². The molecule has 0 rings (SSSR count). The lowest BCUT2D eigenvalue weighted by Gasteiger charge is -2.08. The molecular weight excluding hydrogens is 162 g/mol. The number of rotatable bonds is 6. The van der Waals surface area contributed by atoms with Crippen molar-refractivity contribution in [3.8, 4) is 0 Å². The highest BCUT2D eigenvalue weighted by atomic mass is 32.2. The van der Waals surface area contributed by atoms with Crippen LogP contribution in [0.2, 0.25) is 0 Å². The van der Waals surface area contributed by atoms with E-state index >= 15 is 0 Å². The van der Waals surface area contributed by atoms with Gasteiger partial charge in [0.05, 0.1) is 6.61 Å². The second kappa shape index (κ2) is 6.76. The minimum atomic E-state index is -0.770. The van der Waals surface area contributed by atoms with Crippen molar-refractivity contribution in [2.45, 2.75) is 18.6 Å². The summed E-state index contributed by atoms with van der Waals surface area (Å²) in [5, 5.41) is 0.204. The van der Waals surface area contributed by atoms with Gasteiger partial charge < -0.3 is 10.5 Å². The zero-order chi connectivity index (χ0) is 8.69. The van der Waals surface area contributed by atoms with Gasteiger partial charge in [-0.2, -0.15) is 0 Å². The molecule has 0 saturated heterocycles. The van der Waals surface area contributed by atoms with Gasteiger partial charge in [0.1, 0.15) is 0 Å². The highest BCUT2D eigenvalue weighted by molar-refractivity contribution is 7.85. The van der Waals surface area contributed by atoms with Crippen molar-refractivity contribution in [3.05, 3.63) is 0 Å². The monoisotopic (exact) mass is 179 g/mol. The van der Waals surface area contributed by atoms with E-state index in [4.69, 9.17) is 10.5 Å². The number of methoxy groups -OCH3 is 1. The largest absolute Gasteiger partial charge is 0.384 e. The summed E-state index contributed by atoms with van der Waals surface area (Å²) in [6.07, 6.45) is 0.830. The van der Waals surface area contributed by atoms with Gasteiger partial charge in [-0.1, -0.05) is 6.92 Å². The number of hydrogen-bond donors (Lipinski definition) is 1. The standard InChI is InChI=1S/C7H17NO2S/c1-7(3-4-8)11(9)6-5-10-2/h7H,3-6,8H2,1-2H3. The van der Waals surface area contributed by atoms with Crippen LogP contribution in [-0.4, -0.2) is 35.5 Å². The lowest BCUT2D eigenvalue weighted by molar-refractivity contribution is 0.218. The van der Waals surface area contributed by atoms with E-state index < -0.39 is 10.8 Å². The Labute approximate surface area is 70.8 Å². The van der Waals surface area contributed by atoms with Crippen molar-refractivity contribution >= 4 is 10.8 Å². The molecule has 0 aliphatic heterocycles. The van der Waals surface area contributed by atoms with Gasteiger partial charge in [0.2, 0.25) is 0 Å². The summed E-state index contributed by atoms with van der Waals surface area (Å²) < 4.78 is 16.1. The SMILES string of the molecule is COCCS(=O)C(C)CCN. The van der Waals surface area contributed by atoms with Crippen LogP contribution >= 0.6 is 0 Å². The predicted molar refractivity (Wildman–Crippen MR) is 48.0 cm³/mol. The molecule has 11 heavy (non-hydrogen) atoms. The molecule has 0 saturated carbocycles. The third-order valence-electron chi connectivity index (χ3n) is 1.51. The van der Waals surface area contributed by atoms with Crippen LogP contribution in [-0.2, 0) is 15.5 Å². The summed E-state index contributed by atoms with van der Waals surface area (Å²) in [6.45, 7) is 3.14. The fraction of sp³-hybridized carbons (Fsp3) is 1.00. The third-order valence-corrected chi connectivity index (χ3v) is 3.21. The molecule has 0 aliphatic carbocycles. The zero-order valence-corrected chi connectivity index (χ0v) is 8.02. The van der Waals surface area contributed by atoms with Crippen molar-refractivity contribution in [2.24, 2.45) is 5.73 Å². The smallest absolute Gasteiger partial charge is 0.0577 e. The Hall–Kier alpha value is 0.0700. The van der Waals surface area contributed by atoms with Crippen LogP contribution in [0.25, 0.3) is 0 Å². The first-order valence-corrected chi connectivity index (χ1v) is 5.16. The van der Waals surface area contributed by atoms with E-state index in [-0.39, 0.29) is 5.25 Å². The highest BCUT2D eigenvalue weighted by Crippen LogP contribution is 1.99. The summed E-state index contributed by atoms with van der Waals surface area (Å²) in [5.41, 5.74) is 5.33. The normalized spacial score (nSPS) is 16.3. The van der Waals surface area contributed by atoms with Gasteiger partial charge in [0.15, 0.2) is 0 Å². The van der Waals surface area contributed by atoms with E-state index in [2.05, 4.69) is 0 Å². The summed E-state index contributed by atoms with van der Waals surface area (Å²) in [6, 6.07) is 0. The van der Waals surface area contributed by atoms with Gasteiger partial charge in [-0.15, -0.1) is 0 Å². The number of nitrogens with two attached hydrogens (primary N) is 1. The van der Waals surface area contributed by atoms with Crippen LogP contribution in [0.15, 0.2) is 0 Å². The predicted octanol–water partition coefficient (Wildman–Crippen LogP) is 0.119. The van der Waals surface area contributed by atoms with E-state index in [1.165, 1.54) is 0 Å². The van der Waals surface area contributed by atoms with Crippen molar-refractivity contribution < 1.29 is 8.95 Å². The molecule has 4 heteroatoms. The van der Waals surface area contributed by atoms with Gasteiger partial charge >= 0.3 is 0 Å². The fourth-order valence-corrected chi connectivity index (χ4v) is 1.87. The first-order valence-electron chi connectivity index (χ1n) is 3.78. The second-order valence-electron chi connectivity index (χ2n) is 2.47. The Morgan fingerprint density at radius 3 is 2.73 bits per heavy atom. The van der Waals surface area contributed by atoms with Crippen molar-refractivity contribution in [2.75, 3.05) is 26.0 Å². The first-order chi connectivity index (χ1) is 5.22. The Morgan fingerprint density at radius 2 is 2.27 bits per heavy atom. The molecule has 0 heterocycles. The molecule has 0 fully saturated rings. The molecule has 2 unspecified atom stereocenters. The van der Waals surface area contributed by atoms with Crippen LogP contribution in [0.5, 0.6) is 0 Å². The minimum Gasteiger partial charge on any atom is -0.384 e. The molecule has 2 N–H and O–H groups in total. The van der Waals surface area contributed by atoms with Gasteiger partial charge in [0.25, 0.3) is 0 Å². The maximum Gasteiger partial charge on any atom is 0.0577 e. The molecule has 0 aromatic carbocycles. The lowest BCUT2D eigenvalue weighted by atomic mass is 10.3. The highest BCUT2D eigenvalue weighted by Gasteiger charge is 2.08. The molecule has 68 valence electrons. The topological polar surface area (TPSA) is 52.3 Å². The molecule has 0 radical (unpaired) electrons. The van der Waals surface area contributed by atoms with E-state index in [1.807, 2.05) is 6.92 Å². The first kappa shape index (κ1) is 11.1. The van der Waals surface area contributed by atoms with Gasteiger partial charge in [0, 0.05) is 28.9 Å². The Bertz CT molecular complexity index is 119. The molecule has 0 aliphatic rings. The van der Waals surface area contributed by atoms with Crippen LogP contribution in [0, 0.1) is 0 Å². The summed E-state index contributed by atoms with van der Waals surface area (Å²) in [4.78, 5) is 0. The average Bonchev–Trinajstić information content (AvgIpc) is 2.00. The maximum absolute atomic E-state index is 11.3. The number of hydrogen-bond acceptors (Lipinski definition) is 3. The molecule has 3 nitrogen and oxygen atoms in total. The van der Waals surface area contributed by atoms with Crippen LogP contribution in [0.1, 0.15) is 13.3 Å². The van der Waals surface area contributed by atoms with Gasteiger partial charge in [-0.25, -0.2) is 0 Å². The fourth-order valence-electron chi connectivity index (χ4n) is 0.733. The minimum absolute atomic E-state index is 0.204. The van der Waals surface area contributed by atoms with Crippen LogP contribution in [0.4, 0.5) is 0 Å². The second-order valence-corrected chi connectivity index (χ2v) is 4.44. The molecular formula is C7H17NO2S. The van der Waals surface area contributed by atoms with Crippen LogP contribution in [0.3, 0.4) is 0 Å². The van der Waals surface area contributed by atoms with Gasteiger partial charge in [-0.3, -0.25) is 4.21 Å². The average molecular weight is 179 g/mol. The molecule has 0 bridgehead atoms. The number of ether oxygens (including phenoxy) is 1. The Morgan fingerprint density at radius 1 is 1.64 bits per heavy atom. The third kappa shape index (κ3) is 5.35. The molecule has 0 aromatic rings. The van der Waals surface area contributed by atoms with E-state index in [9.17, 15) is 4.21 Å². The Balaban J connectivity index is 3.47. The summed E-state index contributed by atoms with van der Waals surface area (Å²) in [5.74, 6) is 0.623. The Kier molecular flexibility index (Phi) is 6.80. The molecule has 0 spiro atoms. The van der Waals surface area contributed by atoms with Crippen molar-refractivity contribution in [3.63, 3.8) is 0 Å². The van der Waals surface area contributed by atoms with E-state index in [0.29, 0.717) is 18.9 Å². The lowest BCUT2D eigenvalue weighted by Crippen LogP contribution is -2.19. The van der Waals surface area contributed by atoms with Crippen molar-refractivity contribution in [1.82, 2.24) is 0 Å². The molecule has 2 atom stereocenters. The zero-order valence-electron chi connectivity index (χ0n) is 7.21. The maximum atomic E-state index is 11.3. The quantitative estimate of drug-likeness (QED) is 0.630. The molecule has 0 aromatic heterocycles.